The molecule has 0 saturated carbocycles. The van der Waals surface area contributed by atoms with Crippen LogP contribution < -0.4 is 5.32 Å². The Morgan fingerprint density at radius 1 is 1.48 bits per heavy atom. The van der Waals surface area contributed by atoms with Gasteiger partial charge in [0.1, 0.15) is 6.54 Å². The number of aromatic nitrogens is 2. The van der Waals surface area contributed by atoms with Gasteiger partial charge >= 0.3 is 0 Å². The van der Waals surface area contributed by atoms with Crippen molar-refractivity contribution in [1.82, 2.24) is 24.9 Å². The average Bonchev–Trinajstić information content (AvgIpc) is 3.26. The number of amides is 1. The van der Waals surface area contributed by atoms with Crippen molar-refractivity contribution >= 4 is 35.8 Å². The second kappa shape index (κ2) is 12.2. The number of ether oxygens (including phenoxy) is 1. The Morgan fingerprint density at radius 2 is 2.26 bits per heavy atom. The third kappa shape index (κ3) is 7.65. The van der Waals surface area contributed by atoms with E-state index in [1.165, 1.54) is 5.56 Å². The molecule has 1 saturated heterocycles. The van der Waals surface area contributed by atoms with Crippen LogP contribution in [0.4, 0.5) is 0 Å². The molecule has 0 aliphatic carbocycles. The van der Waals surface area contributed by atoms with E-state index in [-0.39, 0.29) is 36.4 Å². The predicted octanol–water partition coefficient (Wildman–Crippen LogP) is 1.29. The second-order valence-electron chi connectivity index (χ2n) is 6.78. The number of carbonyl (C=O) groups excluding carboxylic acids is 1. The van der Waals surface area contributed by atoms with Gasteiger partial charge in [-0.2, -0.15) is 5.10 Å². The first-order valence-electron chi connectivity index (χ1n) is 9.31. The van der Waals surface area contributed by atoms with Crippen molar-refractivity contribution in [3.8, 4) is 0 Å². The van der Waals surface area contributed by atoms with Crippen LogP contribution in [0.15, 0.2) is 17.4 Å². The summed E-state index contributed by atoms with van der Waals surface area (Å²) in [7, 11) is 5.44. The van der Waals surface area contributed by atoms with Crippen LogP contribution in [0.2, 0.25) is 0 Å². The fourth-order valence-electron chi connectivity index (χ4n) is 2.95. The molecule has 9 heteroatoms. The standard InChI is InChI=1S/C18H32N6O2.HI/c1-5-26-10-6-8-19-18(20-12-17(25)22(2)3)24-9-7-15(14-24)16-11-21-23(4)13-16;/h11,13,15H,5-10,12,14H2,1-4H3,(H,19,20);1H. The number of hydrogen-bond acceptors (Lipinski definition) is 4. The Hall–Kier alpha value is -1.36. The first-order chi connectivity index (χ1) is 12.5. The second-order valence-corrected chi connectivity index (χ2v) is 6.78. The Morgan fingerprint density at radius 3 is 2.89 bits per heavy atom. The summed E-state index contributed by atoms with van der Waals surface area (Å²) in [6, 6.07) is 0. The molecule has 2 heterocycles. The molecule has 1 fully saturated rings. The van der Waals surface area contributed by atoms with Crippen molar-refractivity contribution < 1.29 is 9.53 Å². The number of aliphatic imine (C=N–C) groups is 1. The zero-order valence-corrected chi connectivity index (χ0v) is 19.2. The minimum absolute atomic E-state index is 0. The largest absolute Gasteiger partial charge is 0.382 e. The van der Waals surface area contributed by atoms with Gasteiger partial charge in [-0.25, -0.2) is 4.99 Å². The summed E-state index contributed by atoms with van der Waals surface area (Å²) in [6.45, 7) is 6.21. The molecule has 1 atom stereocenters. The van der Waals surface area contributed by atoms with Crippen LogP contribution in [0.3, 0.4) is 0 Å². The van der Waals surface area contributed by atoms with Gasteiger partial charge in [-0.3, -0.25) is 9.48 Å². The van der Waals surface area contributed by atoms with Crippen molar-refractivity contribution in [3.05, 3.63) is 18.0 Å². The third-order valence-corrected chi connectivity index (χ3v) is 4.50. The monoisotopic (exact) mass is 492 g/mol. The molecule has 1 N–H and O–H groups in total. The normalized spacial score (nSPS) is 17.0. The summed E-state index contributed by atoms with van der Waals surface area (Å²) in [6.07, 6.45) is 5.99. The molecule has 154 valence electrons. The number of likely N-dealkylation sites (N-methyl/N-ethyl adjacent to an activating group) is 1. The number of carbonyl (C=O) groups is 1. The summed E-state index contributed by atoms with van der Waals surface area (Å²) in [5.41, 5.74) is 1.26. The zero-order chi connectivity index (χ0) is 18.9. The van der Waals surface area contributed by atoms with E-state index in [0.717, 1.165) is 51.6 Å². The van der Waals surface area contributed by atoms with E-state index in [4.69, 9.17) is 4.74 Å². The molecule has 2 rings (SSSR count). The van der Waals surface area contributed by atoms with E-state index in [9.17, 15) is 4.79 Å². The summed E-state index contributed by atoms with van der Waals surface area (Å²) in [5.74, 6) is 1.26. The quantitative estimate of drug-likeness (QED) is 0.256. The van der Waals surface area contributed by atoms with Crippen molar-refractivity contribution in [1.29, 1.82) is 0 Å². The highest BCUT2D eigenvalue weighted by molar-refractivity contribution is 14.0. The van der Waals surface area contributed by atoms with Gasteiger partial charge in [0, 0.05) is 66.1 Å². The molecule has 8 nitrogen and oxygen atoms in total. The maximum Gasteiger partial charge on any atom is 0.243 e. The predicted molar refractivity (Wildman–Crippen MR) is 118 cm³/mol. The fourth-order valence-corrected chi connectivity index (χ4v) is 2.95. The Kier molecular flexibility index (Phi) is 10.7. The number of likely N-dealkylation sites (tertiary alicyclic amines) is 1. The lowest BCUT2D eigenvalue weighted by Gasteiger charge is -2.22. The molecule has 0 bridgehead atoms. The molecule has 0 radical (unpaired) electrons. The van der Waals surface area contributed by atoms with Gasteiger partial charge in [0.2, 0.25) is 5.91 Å². The number of hydrogen-bond donors (Lipinski definition) is 1. The van der Waals surface area contributed by atoms with E-state index in [2.05, 4.69) is 26.5 Å². The van der Waals surface area contributed by atoms with E-state index in [1.54, 1.807) is 19.0 Å². The molecule has 1 aliphatic rings. The molecular weight excluding hydrogens is 459 g/mol. The number of nitrogens with zero attached hydrogens (tertiary/aromatic N) is 5. The molecule has 0 spiro atoms. The number of guanidine groups is 1. The summed E-state index contributed by atoms with van der Waals surface area (Å²) >= 11 is 0. The Bertz CT molecular complexity index is 604. The highest BCUT2D eigenvalue weighted by Crippen LogP contribution is 2.26. The van der Waals surface area contributed by atoms with E-state index in [1.807, 2.05) is 24.9 Å². The molecule has 1 aromatic rings. The van der Waals surface area contributed by atoms with Crippen molar-refractivity contribution in [2.45, 2.75) is 25.7 Å². The first-order valence-corrected chi connectivity index (χ1v) is 9.31. The molecule has 1 aromatic heterocycles. The summed E-state index contributed by atoms with van der Waals surface area (Å²) in [5, 5.41) is 7.67. The SMILES string of the molecule is CCOCCCNC(=NCC(=O)N(C)C)N1CCC(c2cnn(C)c2)C1.I. The van der Waals surface area contributed by atoms with Gasteiger partial charge in [-0.05, 0) is 25.3 Å². The maximum atomic E-state index is 11.9. The Labute approximate surface area is 179 Å². The Balaban J connectivity index is 0.00000364. The minimum atomic E-state index is 0. The zero-order valence-electron chi connectivity index (χ0n) is 16.8. The van der Waals surface area contributed by atoms with Gasteiger partial charge in [0.25, 0.3) is 0 Å². The van der Waals surface area contributed by atoms with Gasteiger partial charge in [0.05, 0.1) is 6.20 Å². The van der Waals surface area contributed by atoms with Crippen LogP contribution in [0.25, 0.3) is 0 Å². The summed E-state index contributed by atoms with van der Waals surface area (Å²) in [4.78, 5) is 20.3. The van der Waals surface area contributed by atoms with Crippen LogP contribution in [0.5, 0.6) is 0 Å². The topological polar surface area (TPSA) is 75.0 Å². The highest BCUT2D eigenvalue weighted by Gasteiger charge is 2.27. The molecule has 27 heavy (non-hydrogen) atoms. The van der Waals surface area contributed by atoms with Crippen molar-refractivity contribution in [2.75, 3.05) is 53.5 Å². The molecule has 1 amide bonds. The molecule has 1 unspecified atom stereocenters. The van der Waals surface area contributed by atoms with Crippen molar-refractivity contribution in [3.63, 3.8) is 0 Å². The number of nitrogens with one attached hydrogen (secondary N) is 1. The van der Waals surface area contributed by atoms with E-state index < -0.39 is 0 Å². The smallest absolute Gasteiger partial charge is 0.243 e. The lowest BCUT2D eigenvalue weighted by atomic mass is 10.0. The lowest BCUT2D eigenvalue weighted by molar-refractivity contribution is -0.127. The van der Waals surface area contributed by atoms with E-state index in [0.29, 0.717) is 5.92 Å². The molecular formula is C18H33IN6O2. The highest BCUT2D eigenvalue weighted by atomic mass is 127. The van der Waals surface area contributed by atoms with Crippen LogP contribution in [-0.2, 0) is 16.6 Å². The minimum Gasteiger partial charge on any atom is -0.382 e. The van der Waals surface area contributed by atoms with Crippen LogP contribution in [0.1, 0.15) is 31.2 Å². The maximum absolute atomic E-state index is 11.9. The fraction of sp³-hybridized carbons (Fsp3) is 0.722. The van der Waals surface area contributed by atoms with Gasteiger partial charge in [-0.1, -0.05) is 0 Å². The molecule has 0 aromatic carbocycles. The van der Waals surface area contributed by atoms with E-state index >= 15 is 0 Å². The van der Waals surface area contributed by atoms with Crippen LogP contribution in [0, 0.1) is 0 Å². The van der Waals surface area contributed by atoms with Gasteiger partial charge in [-0.15, -0.1) is 24.0 Å². The van der Waals surface area contributed by atoms with Gasteiger partial charge < -0.3 is 19.9 Å². The first kappa shape index (κ1) is 23.7. The van der Waals surface area contributed by atoms with Crippen LogP contribution >= 0.6 is 24.0 Å². The molecule has 1 aliphatic heterocycles. The summed E-state index contributed by atoms with van der Waals surface area (Å²) < 4.78 is 7.23. The average molecular weight is 492 g/mol. The number of halogens is 1. The van der Waals surface area contributed by atoms with Crippen molar-refractivity contribution in [2.24, 2.45) is 12.0 Å². The third-order valence-electron chi connectivity index (χ3n) is 4.50. The number of aryl methyl sites for hydroxylation is 1. The van der Waals surface area contributed by atoms with Crippen LogP contribution in [-0.4, -0.2) is 84.9 Å². The van der Waals surface area contributed by atoms with Gasteiger partial charge in [0.15, 0.2) is 5.96 Å². The lowest BCUT2D eigenvalue weighted by Crippen LogP contribution is -2.41. The number of rotatable bonds is 8.